The van der Waals surface area contributed by atoms with Gasteiger partial charge in [-0.1, -0.05) is 72.8 Å². The van der Waals surface area contributed by atoms with Gasteiger partial charge in [0.2, 0.25) is 5.78 Å². The Kier molecular flexibility index (Phi) is 10.1. The van der Waals surface area contributed by atoms with E-state index in [0.717, 1.165) is 11.1 Å². The first kappa shape index (κ1) is 27.7. The van der Waals surface area contributed by atoms with Gasteiger partial charge in [0.15, 0.2) is 0 Å². The number of hydrogen-bond donors (Lipinski definition) is 0. The Labute approximate surface area is 206 Å². The molecular formula is C28H32O7. The molecule has 0 heterocycles. The summed E-state index contributed by atoms with van der Waals surface area (Å²) in [4.78, 5) is 37.4. The van der Waals surface area contributed by atoms with E-state index < -0.39 is 23.5 Å². The number of Topliss-reactive ketones (excluding diaryl/α,β-unsaturated/α-hetero) is 1. The maximum absolute atomic E-state index is 13.8. The number of ketones is 1. The normalized spacial score (nSPS) is 11.0. The Morgan fingerprint density at radius 3 is 1.49 bits per heavy atom. The SMILES string of the molecule is C=C(C)C(=O)OCCOC(OCCOC(=O)C(=C)C)(C(=O)c1ccc(C)cc1)c1ccc(C)cc1. The van der Waals surface area contributed by atoms with Crippen molar-refractivity contribution in [2.45, 2.75) is 33.5 Å². The van der Waals surface area contributed by atoms with Crippen LogP contribution in [0, 0.1) is 13.8 Å². The highest BCUT2D eigenvalue weighted by Gasteiger charge is 2.43. The number of carbonyl (C=O) groups is 3. The van der Waals surface area contributed by atoms with Gasteiger partial charge in [-0.2, -0.15) is 0 Å². The maximum atomic E-state index is 13.8. The van der Waals surface area contributed by atoms with E-state index in [0.29, 0.717) is 11.1 Å². The molecule has 0 aromatic heterocycles. The van der Waals surface area contributed by atoms with Crippen LogP contribution in [-0.4, -0.2) is 44.1 Å². The van der Waals surface area contributed by atoms with Crippen LogP contribution in [0.5, 0.6) is 0 Å². The Morgan fingerprint density at radius 2 is 1.09 bits per heavy atom. The highest BCUT2D eigenvalue weighted by Crippen LogP contribution is 2.32. The summed E-state index contributed by atoms with van der Waals surface area (Å²) in [6.07, 6.45) is 0. The first-order chi connectivity index (χ1) is 16.6. The molecule has 0 spiro atoms. The van der Waals surface area contributed by atoms with Crippen molar-refractivity contribution < 1.29 is 33.3 Å². The monoisotopic (exact) mass is 480 g/mol. The molecule has 0 aliphatic carbocycles. The highest BCUT2D eigenvalue weighted by molar-refractivity contribution is 6.02. The lowest BCUT2D eigenvalue weighted by Gasteiger charge is -2.33. The third-order valence-electron chi connectivity index (χ3n) is 4.98. The Morgan fingerprint density at radius 1 is 0.686 bits per heavy atom. The van der Waals surface area contributed by atoms with Crippen LogP contribution in [0.1, 0.15) is 40.9 Å². The van der Waals surface area contributed by atoms with Crippen molar-refractivity contribution in [2.24, 2.45) is 0 Å². The molecule has 0 aliphatic rings. The summed E-state index contributed by atoms with van der Waals surface area (Å²) >= 11 is 0. The van der Waals surface area contributed by atoms with Gasteiger partial charge >= 0.3 is 11.9 Å². The topological polar surface area (TPSA) is 88.1 Å². The fourth-order valence-corrected chi connectivity index (χ4v) is 3.02. The van der Waals surface area contributed by atoms with Crippen LogP contribution >= 0.6 is 0 Å². The summed E-state index contributed by atoms with van der Waals surface area (Å²) in [5, 5.41) is 0. The Balaban J connectivity index is 2.38. The maximum Gasteiger partial charge on any atom is 0.333 e. The Hall–Kier alpha value is -3.55. The van der Waals surface area contributed by atoms with E-state index in [2.05, 4.69) is 13.2 Å². The molecule has 7 nitrogen and oxygen atoms in total. The van der Waals surface area contributed by atoms with Crippen LogP contribution < -0.4 is 0 Å². The zero-order chi connectivity index (χ0) is 26.0. The molecule has 186 valence electrons. The second kappa shape index (κ2) is 12.8. The number of rotatable bonds is 13. The van der Waals surface area contributed by atoms with Crippen LogP contribution in [0.4, 0.5) is 0 Å². The Bertz CT molecular complexity index is 1030. The van der Waals surface area contributed by atoms with Crippen molar-refractivity contribution in [1.29, 1.82) is 0 Å². The summed E-state index contributed by atoms with van der Waals surface area (Å²) in [7, 11) is 0. The van der Waals surface area contributed by atoms with Crippen LogP contribution in [-0.2, 0) is 34.3 Å². The minimum absolute atomic E-state index is 0.117. The number of carbonyl (C=O) groups excluding carboxylic acids is 3. The van der Waals surface area contributed by atoms with E-state index >= 15 is 0 Å². The quantitative estimate of drug-likeness (QED) is 0.136. The van der Waals surface area contributed by atoms with Gasteiger partial charge in [-0.05, 0) is 27.7 Å². The predicted molar refractivity (Wildman–Crippen MR) is 132 cm³/mol. The second-order valence-corrected chi connectivity index (χ2v) is 8.21. The summed E-state index contributed by atoms with van der Waals surface area (Å²) in [5.41, 5.74) is 3.29. The van der Waals surface area contributed by atoms with E-state index in [9.17, 15) is 14.4 Å². The molecule has 0 fully saturated rings. The lowest BCUT2D eigenvalue weighted by Crippen LogP contribution is -2.43. The number of benzene rings is 2. The smallest absolute Gasteiger partial charge is 0.333 e. The second-order valence-electron chi connectivity index (χ2n) is 8.21. The van der Waals surface area contributed by atoms with Gasteiger partial charge in [-0.15, -0.1) is 0 Å². The minimum Gasteiger partial charge on any atom is -0.460 e. The standard InChI is InChI=1S/C28H32O7/c1-19(2)26(30)32-15-17-34-28(24-13-9-22(6)10-14-24,35-18-16-33-27(31)20(3)4)25(29)23-11-7-21(5)8-12-23/h7-14H,1,3,15-18H2,2,4-6H3. The van der Waals surface area contributed by atoms with Gasteiger partial charge < -0.3 is 18.9 Å². The molecule has 0 aliphatic heterocycles. The molecule has 2 aromatic carbocycles. The molecule has 35 heavy (non-hydrogen) atoms. The predicted octanol–water partition coefficient (Wildman–Crippen LogP) is 4.61. The zero-order valence-corrected chi connectivity index (χ0v) is 20.7. The zero-order valence-electron chi connectivity index (χ0n) is 20.7. The van der Waals surface area contributed by atoms with Crippen LogP contribution in [0.3, 0.4) is 0 Å². The number of esters is 2. The third kappa shape index (κ3) is 7.73. The third-order valence-corrected chi connectivity index (χ3v) is 4.98. The van der Waals surface area contributed by atoms with Gasteiger partial charge in [0.25, 0.3) is 5.79 Å². The van der Waals surface area contributed by atoms with Crippen molar-refractivity contribution in [2.75, 3.05) is 26.4 Å². The molecular weight excluding hydrogens is 448 g/mol. The van der Waals surface area contributed by atoms with Gasteiger partial charge in [0, 0.05) is 22.3 Å². The van der Waals surface area contributed by atoms with Crippen molar-refractivity contribution in [3.8, 4) is 0 Å². The molecule has 2 rings (SSSR count). The first-order valence-corrected chi connectivity index (χ1v) is 11.2. The lowest BCUT2D eigenvalue weighted by atomic mass is 9.94. The van der Waals surface area contributed by atoms with E-state index in [4.69, 9.17) is 18.9 Å². The average Bonchev–Trinajstić information content (AvgIpc) is 2.83. The molecule has 0 saturated carbocycles. The largest absolute Gasteiger partial charge is 0.460 e. The summed E-state index contributed by atoms with van der Waals surface area (Å²) in [6, 6.07) is 14.2. The molecule has 0 saturated heterocycles. The van der Waals surface area contributed by atoms with Crippen molar-refractivity contribution in [3.05, 3.63) is 95.1 Å². The average molecular weight is 481 g/mol. The van der Waals surface area contributed by atoms with E-state index in [-0.39, 0.29) is 37.6 Å². The van der Waals surface area contributed by atoms with Crippen molar-refractivity contribution in [1.82, 2.24) is 0 Å². The van der Waals surface area contributed by atoms with Crippen LogP contribution in [0.15, 0.2) is 72.8 Å². The van der Waals surface area contributed by atoms with Crippen LogP contribution in [0.25, 0.3) is 0 Å². The van der Waals surface area contributed by atoms with E-state index in [1.807, 2.05) is 38.1 Å². The molecule has 7 heteroatoms. The summed E-state index contributed by atoms with van der Waals surface area (Å²) in [5.74, 6) is -3.44. The first-order valence-electron chi connectivity index (χ1n) is 11.2. The molecule has 0 radical (unpaired) electrons. The van der Waals surface area contributed by atoms with Gasteiger partial charge in [0.05, 0.1) is 13.2 Å². The highest BCUT2D eigenvalue weighted by atomic mass is 16.7. The van der Waals surface area contributed by atoms with Gasteiger partial charge in [-0.3, -0.25) is 4.79 Å². The number of hydrogen-bond acceptors (Lipinski definition) is 7. The summed E-state index contributed by atoms with van der Waals surface area (Å²) in [6.45, 7) is 13.5. The van der Waals surface area contributed by atoms with E-state index in [1.54, 1.807) is 24.3 Å². The molecule has 0 amide bonds. The van der Waals surface area contributed by atoms with Crippen molar-refractivity contribution >= 4 is 17.7 Å². The van der Waals surface area contributed by atoms with Crippen molar-refractivity contribution in [3.63, 3.8) is 0 Å². The van der Waals surface area contributed by atoms with Crippen LogP contribution in [0.2, 0.25) is 0 Å². The molecule has 0 bridgehead atoms. The fraction of sp³-hybridized carbons (Fsp3) is 0.321. The molecule has 0 N–H and O–H groups in total. The molecule has 0 unspecified atom stereocenters. The summed E-state index contributed by atoms with van der Waals surface area (Å²) < 4.78 is 22.4. The lowest BCUT2D eigenvalue weighted by molar-refractivity contribution is -0.219. The van der Waals surface area contributed by atoms with E-state index in [1.165, 1.54) is 13.8 Å². The van der Waals surface area contributed by atoms with Gasteiger partial charge in [-0.25, -0.2) is 9.59 Å². The van der Waals surface area contributed by atoms with Gasteiger partial charge in [0.1, 0.15) is 13.2 Å². The number of ether oxygens (including phenoxy) is 4. The molecule has 2 aromatic rings. The minimum atomic E-state index is -1.87. The number of aryl methyl sites for hydroxylation is 2. The molecule has 0 atom stereocenters. The fourth-order valence-electron chi connectivity index (χ4n) is 3.02.